The van der Waals surface area contributed by atoms with E-state index in [0.717, 1.165) is 12.1 Å². The fraction of sp³-hybridized carbons (Fsp3) is 0.125. The van der Waals surface area contributed by atoms with E-state index in [-0.39, 0.29) is 12.0 Å². The Morgan fingerprint density at radius 1 is 1.36 bits per heavy atom. The number of nitrogens with zero attached hydrogens (tertiary/aromatic N) is 1. The largest absolute Gasteiger partial charge is 0.505 e. The van der Waals surface area contributed by atoms with Crippen LogP contribution >= 0.6 is 0 Å². The lowest BCUT2D eigenvalue weighted by atomic mass is 10.0. The van der Waals surface area contributed by atoms with Crippen LogP contribution in [0, 0.1) is 12.7 Å². The van der Waals surface area contributed by atoms with Gasteiger partial charge in [-0.25, -0.2) is 14.2 Å². The normalized spacial score (nSPS) is 11.0. The molecule has 0 unspecified atom stereocenters. The fourth-order valence-electron chi connectivity index (χ4n) is 2.38. The van der Waals surface area contributed by atoms with Gasteiger partial charge in [0.15, 0.2) is 11.6 Å². The van der Waals surface area contributed by atoms with Crippen LogP contribution in [-0.2, 0) is 6.42 Å². The first-order valence-corrected chi connectivity index (χ1v) is 6.62. The first kappa shape index (κ1) is 14.1. The molecule has 0 radical (unpaired) electrons. The summed E-state index contributed by atoms with van der Waals surface area (Å²) in [5, 5.41) is 9.81. The van der Waals surface area contributed by atoms with Crippen LogP contribution in [0.4, 0.5) is 10.2 Å². The van der Waals surface area contributed by atoms with Gasteiger partial charge in [-0.2, -0.15) is 0 Å². The Labute approximate surface area is 124 Å². The molecule has 5 nitrogen and oxygen atoms in total. The topological polar surface area (TPSA) is 89.4 Å². The maximum Gasteiger partial charge on any atom is 0.340 e. The van der Waals surface area contributed by atoms with Crippen LogP contribution in [0.5, 0.6) is 5.75 Å². The maximum atomic E-state index is 13.5. The third-order valence-corrected chi connectivity index (χ3v) is 3.54. The average Bonchev–Trinajstić information content (AvgIpc) is 2.46. The molecule has 112 valence electrons. The number of phenols is 1. The molecule has 6 heteroatoms. The Morgan fingerprint density at radius 3 is 2.86 bits per heavy atom. The second-order valence-corrected chi connectivity index (χ2v) is 5.02. The smallest absolute Gasteiger partial charge is 0.340 e. The molecule has 1 aromatic carbocycles. The highest BCUT2D eigenvalue weighted by Crippen LogP contribution is 2.27. The molecule has 0 aliphatic rings. The number of aromatic nitrogens is 1. The van der Waals surface area contributed by atoms with Crippen molar-refractivity contribution in [1.82, 2.24) is 4.98 Å². The van der Waals surface area contributed by atoms with Crippen LogP contribution in [0.25, 0.3) is 11.0 Å². The number of benzene rings is 1. The zero-order valence-corrected chi connectivity index (χ0v) is 11.8. The number of aromatic hydroxyl groups is 1. The third kappa shape index (κ3) is 2.39. The van der Waals surface area contributed by atoms with Crippen LogP contribution in [0.1, 0.15) is 16.8 Å². The van der Waals surface area contributed by atoms with E-state index >= 15 is 0 Å². The highest BCUT2D eigenvalue weighted by molar-refractivity contribution is 5.82. The molecule has 0 amide bonds. The Balaban J connectivity index is 2.18. The predicted octanol–water partition coefficient (Wildman–Crippen LogP) is 2.51. The lowest BCUT2D eigenvalue weighted by molar-refractivity contribution is 0.431. The summed E-state index contributed by atoms with van der Waals surface area (Å²) in [7, 11) is 0. The van der Waals surface area contributed by atoms with Crippen LogP contribution in [-0.4, -0.2) is 10.1 Å². The third-order valence-electron chi connectivity index (χ3n) is 3.54. The van der Waals surface area contributed by atoms with E-state index in [4.69, 9.17) is 10.2 Å². The lowest BCUT2D eigenvalue weighted by Gasteiger charge is -2.08. The molecule has 3 N–H and O–H groups in total. The molecule has 0 saturated heterocycles. The van der Waals surface area contributed by atoms with Crippen molar-refractivity contribution in [2.75, 3.05) is 5.73 Å². The molecule has 0 atom stereocenters. The maximum absolute atomic E-state index is 13.5. The summed E-state index contributed by atoms with van der Waals surface area (Å²) in [5.74, 6) is -0.964. The van der Waals surface area contributed by atoms with Gasteiger partial charge in [-0.1, -0.05) is 6.07 Å². The average molecular weight is 300 g/mol. The highest BCUT2D eigenvalue weighted by atomic mass is 19.1. The van der Waals surface area contributed by atoms with Crippen LogP contribution in [0.3, 0.4) is 0 Å². The van der Waals surface area contributed by atoms with Crippen molar-refractivity contribution in [3.63, 3.8) is 0 Å². The predicted molar refractivity (Wildman–Crippen MR) is 80.3 cm³/mol. The van der Waals surface area contributed by atoms with E-state index in [9.17, 15) is 14.3 Å². The number of fused-ring (bicyclic) bond motifs is 1. The molecule has 0 fully saturated rings. The quantitative estimate of drug-likeness (QED) is 0.710. The van der Waals surface area contributed by atoms with Gasteiger partial charge in [0.05, 0.1) is 0 Å². The number of hydrogen-bond donors (Lipinski definition) is 2. The van der Waals surface area contributed by atoms with Crippen molar-refractivity contribution in [3.05, 3.63) is 63.4 Å². The summed E-state index contributed by atoms with van der Waals surface area (Å²) in [6, 6.07) is 7.39. The minimum atomic E-state index is -0.766. The minimum Gasteiger partial charge on any atom is -0.505 e. The molecule has 3 rings (SSSR count). The van der Waals surface area contributed by atoms with Crippen LogP contribution < -0.4 is 11.4 Å². The molecule has 2 aromatic heterocycles. The van der Waals surface area contributed by atoms with Gasteiger partial charge in [-0.15, -0.1) is 0 Å². The van der Waals surface area contributed by atoms with Crippen molar-refractivity contribution in [3.8, 4) is 5.75 Å². The van der Waals surface area contributed by atoms with Gasteiger partial charge < -0.3 is 15.3 Å². The molecule has 0 spiro atoms. The lowest BCUT2D eigenvalue weighted by Crippen LogP contribution is -2.12. The standard InChI is InChI=1S/C16H13FN2O3/c1-8-10-6-12(17)13(20)7-14(10)22-16(21)11(8)5-9-3-2-4-15(18)19-9/h2-4,6-7,20H,5H2,1H3,(H2,18,19). The van der Waals surface area contributed by atoms with Gasteiger partial charge in [0, 0.05) is 29.1 Å². The molecular formula is C16H13FN2O3. The number of halogens is 1. The summed E-state index contributed by atoms with van der Waals surface area (Å²) < 4.78 is 18.7. The number of pyridine rings is 1. The van der Waals surface area contributed by atoms with Crippen LogP contribution in [0.15, 0.2) is 39.5 Å². The minimum absolute atomic E-state index is 0.144. The Morgan fingerprint density at radius 2 is 2.14 bits per heavy atom. The van der Waals surface area contributed by atoms with Gasteiger partial charge in [0.1, 0.15) is 11.4 Å². The van der Waals surface area contributed by atoms with Crippen molar-refractivity contribution >= 4 is 16.8 Å². The van der Waals surface area contributed by atoms with Crippen molar-refractivity contribution in [2.24, 2.45) is 0 Å². The van der Waals surface area contributed by atoms with Gasteiger partial charge in [0.2, 0.25) is 0 Å². The Bertz CT molecular complexity index is 935. The Kier molecular flexibility index (Phi) is 3.29. The zero-order valence-electron chi connectivity index (χ0n) is 11.8. The van der Waals surface area contributed by atoms with Gasteiger partial charge in [0.25, 0.3) is 0 Å². The summed E-state index contributed by atoms with van der Waals surface area (Å²) in [6.07, 6.45) is 0.234. The molecule has 22 heavy (non-hydrogen) atoms. The summed E-state index contributed by atoms with van der Waals surface area (Å²) in [6.45, 7) is 1.71. The number of nitrogens with two attached hydrogens (primary N) is 1. The molecule has 0 bridgehead atoms. The van der Waals surface area contributed by atoms with Crippen molar-refractivity contribution < 1.29 is 13.9 Å². The first-order valence-electron chi connectivity index (χ1n) is 6.62. The summed E-state index contributed by atoms with van der Waals surface area (Å²) >= 11 is 0. The number of nitrogen functional groups attached to an aromatic ring is 1. The number of anilines is 1. The van der Waals surface area contributed by atoms with E-state index in [1.165, 1.54) is 0 Å². The van der Waals surface area contributed by atoms with Crippen molar-refractivity contribution in [2.45, 2.75) is 13.3 Å². The second-order valence-electron chi connectivity index (χ2n) is 5.02. The number of phenolic OH excluding ortho intramolecular Hbond substituents is 1. The number of hydrogen-bond acceptors (Lipinski definition) is 5. The molecule has 3 aromatic rings. The van der Waals surface area contributed by atoms with E-state index in [1.807, 2.05) is 0 Å². The van der Waals surface area contributed by atoms with E-state index < -0.39 is 17.2 Å². The summed E-state index contributed by atoms with van der Waals surface area (Å²) in [5.41, 5.74) is 6.82. The molecule has 0 aliphatic heterocycles. The number of rotatable bonds is 2. The van der Waals surface area contributed by atoms with Crippen molar-refractivity contribution in [1.29, 1.82) is 0 Å². The Hall–Kier alpha value is -2.89. The molecule has 0 saturated carbocycles. The molecule has 0 aliphatic carbocycles. The van der Waals surface area contributed by atoms with E-state index in [1.54, 1.807) is 25.1 Å². The monoisotopic (exact) mass is 300 g/mol. The van der Waals surface area contributed by atoms with Gasteiger partial charge >= 0.3 is 5.63 Å². The van der Waals surface area contributed by atoms with E-state index in [2.05, 4.69) is 4.98 Å². The second kappa shape index (κ2) is 5.14. The SMILES string of the molecule is Cc1c(Cc2cccc(N)n2)c(=O)oc2cc(O)c(F)cc12. The molecular weight excluding hydrogens is 287 g/mol. The van der Waals surface area contributed by atoms with Gasteiger partial charge in [-0.3, -0.25) is 0 Å². The van der Waals surface area contributed by atoms with Crippen LogP contribution in [0.2, 0.25) is 0 Å². The molecule has 2 heterocycles. The highest BCUT2D eigenvalue weighted by Gasteiger charge is 2.15. The van der Waals surface area contributed by atoms with Gasteiger partial charge in [-0.05, 0) is 30.7 Å². The fourth-order valence-corrected chi connectivity index (χ4v) is 2.38. The summed E-state index contributed by atoms with van der Waals surface area (Å²) in [4.78, 5) is 16.3. The van der Waals surface area contributed by atoms with E-state index in [0.29, 0.717) is 28.0 Å². The number of aryl methyl sites for hydroxylation is 1. The first-order chi connectivity index (χ1) is 10.5. The zero-order chi connectivity index (χ0) is 15.9.